The van der Waals surface area contributed by atoms with Crippen LogP contribution in [-0.4, -0.2) is 16.5 Å². The van der Waals surface area contributed by atoms with E-state index in [4.69, 9.17) is 0 Å². The van der Waals surface area contributed by atoms with Gasteiger partial charge in [0.05, 0.1) is 10.7 Å². The molecule has 0 saturated heterocycles. The molecule has 0 bridgehead atoms. The van der Waals surface area contributed by atoms with Crippen molar-refractivity contribution < 1.29 is 8.78 Å². The molecule has 0 atom stereocenters. The van der Waals surface area contributed by atoms with E-state index in [0.717, 1.165) is 18.2 Å². The molecule has 21 heavy (non-hydrogen) atoms. The topological polar surface area (TPSA) is 49.8 Å². The maximum Gasteiger partial charge on any atom is 0.224 e. The second kappa shape index (κ2) is 6.80. The lowest BCUT2D eigenvalue weighted by molar-refractivity contribution is 0.617. The van der Waals surface area contributed by atoms with Crippen LogP contribution in [0.15, 0.2) is 22.8 Å². The standard InChI is InChI=1S/C14H15BrF2N4/c1-3-4-18-14-19-7-11(17)13(21-14)20-12-6-10(16)9(15)5-8(12)2/h5-7H,3-4H2,1-2H3,(H2,18,19,20,21). The summed E-state index contributed by atoms with van der Waals surface area (Å²) in [7, 11) is 0. The van der Waals surface area contributed by atoms with Crippen LogP contribution in [0, 0.1) is 18.6 Å². The lowest BCUT2D eigenvalue weighted by Crippen LogP contribution is -2.07. The first-order valence-corrected chi connectivity index (χ1v) is 7.29. The number of hydrogen-bond donors (Lipinski definition) is 2. The van der Waals surface area contributed by atoms with Gasteiger partial charge in [0, 0.05) is 12.2 Å². The minimum atomic E-state index is -0.597. The van der Waals surface area contributed by atoms with Crippen molar-refractivity contribution in [1.29, 1.82) is 0 Å². The van der Waals surface area contributed by atoms with Gasteiger partial charge in [0.25, 0.3) is 0 Å². The van der Waals surface area contributed by atoms with Crippen LogP contribution >= 0.6 is 15.9 Å². The molecule has 2 N–H and O–H groups in total. The first kappa shape index (κ1) is 15.6. The van der Waals surface area contributed by atoms with Gasteiger partial charge in [0.2, 0.25) is 5.95 Å². The molecule has 0 spiro atoms. The van der Waals surface area contributed by atoms with Gasteiger partial charge >= 0.3 is 0 Å². The summed E-state index contributed by atoms with van der Waals surface area (Å²) in [4.78, 5) is 7.91. The Morgan fingerprint density at radius 1 is 1.24 bits per heavy atom. The summed E-state index contributed by atoms with van der Waals surface area (Å²) in [5.74, 6) is -0.689. The number of nitrogens with one attached hydrogen (secondary N) is 2. The van der Waals surface area contributed by atoms with E-state index in [1.807, 2.05) is 6.92 Å². The van der Waals surface area contributed by atoms with E-state index in [2.05, 4.69) is 36.5 Å². The molecule has 4 nitrogen and oxygen atoms in total. The second-order valence-electron chi connectivity index (χ2n) is 4.52. The molecule has 1 aromatic heterocycles. The minimum Gasteiger partial charge on any atom is -0.354 e. The van der Waals surface area contributed by atoms with E-state index < -0.39 is 11.6 Å². The van der Waals surface area contributed by atoms with Crippen molar-refractivity contribution in [3.05, 3.63) is 40.0 Å². The van der Waals surface area contributed by atoms with Gasteiger partial charge in [-0.25, -0.2) is 13.8 Å². The number of benzene rings is 1. The summed E-state index contributed by atoms with van der Waals surface area (Å²) in [5.41, 5.74) is 1.22. The lowest BCUT2D eigenvalue weighted by Gasteiger charge is -2.12. The van der Waals surface area contributed by atoms with Crippen LogP contribution in [0.4, 0.5) is 26.2 Å². The monoisotopic (exact) mass is 356 g/mol. The van der Waals surface area contributed by atoms with Crippen LogP contribution in [-0.2, 0) is 0 Å². The van der Waals surface area contributed by atoms with Crippen molar-refractivity contribution in [2.75, 3.05) is 17.2 Å². The number of halogens is 3. The molecule has 2 rings (SSSR count). The van der Waals surface area contributed by atoms with Gasteiger partial charge in [-0.3, -0.25) is 0 Å². The van der Waals surface area contributed by atoms with E-state index >= 15 is 0 Å². The Kier molecular flexibility index (Phi) is 5.06. The Labute approximate surface area is 130 Å². The summed E-state index contributed by atoms with van der Waals surface area (Å²) in [6, 6.07) is 2.91. The first-order valence-electron chi connectivity index (χ1n) is 6.50. The van der Waals surface area contributed by atoms with Gasteiger partial charge in [0.1, 0.15) is 5.82 Å². The van der Waals surface area contributed by atoms with Gasteiger partial charge in [-0.2, -0.15) is 4.98 Å². The molecule has 0 radical (unpaired) electrons. The Morgan fingerprint density at radius 3 is 2.71 bits per heavy atom. The van der Waals surface area contributed by atoms with Crippen molar-refractivity contribution in [3.63, 3.8) is 0 Å². The Hall–Kier alpha value is -1.76. The highest BCUT2D eigenvalue weighted by Gasteiger charge is 2.10. The number of hydrogen-bond acceptors (Lipinski definition) is 4. The van der Waals surface area contributed by atoms with Crippen LogP contribution in [0.2, 0.25) is 0 Å². The predicted molar refractivity (Wildman–Crippen MR) is 82.9 cm³/mol. The van der Waals surface area contributed by atoms with E-state index in [-0.39, 0.29) is 5.82 Å². The number of anilines is 3. The van der Waals surface area contributed by atoms with Gasteiger partial charge in [0.15, 0.2) is 11.6 Å². The average molecular weight is 357 g/mol. The Morgan fingerprint density at radius 2 is 2.00 bits per heavy atom. The molecule has 0 aliphatic carbocycles. The summed E-state index contributed by atoms with van der Waals surface area (Å²) in [5, 5.41) is 5.77. The summed E-state index contributed by atoms with van der Waals surface area (Å²) in [6.07, 6.45) is 1.98. The van der Waals surface area contributed by atoms with E-state index in [9.17, 15) is 8.78 Å². The van der Waals surface area contributed by atoms with Gasteiger partial charge in [-0.15, -0.1) is 0 Å². The summed E-state index contributed by atoms with van der Waals surface area (Å²) >= 11 is 3.11. The molecule has 0 unspecified atom stereocenters. The maximum absolute atomic E-state index is 13.8. The van der Waals surface area contributed by atoms with Gasteiger partial charge in [-0.05, 0) is 47.0 Å². The van der Waals surface area contributed by atoms with Crippen LogP contribution in [0.3, 0.4) is 0 Å². The van der Waals surface area contributed by atoms with Crippen LogP contribution in [0.25, 0.3) is 0 Å². The predicted octanol–water partition coefficient (Wildman–Crippen LogP) is 4.39. The maximum atomic E-state index is 13.8. The molecule has 112 valence electrons. The van der Waals surface area contributed by atoms with Crippen LogP contribution in [0.1, 0.15) is 18.9 Å². The minimum absolute atomic E-state index is 0.00780. The van der Waals surface area contributed by atoms with Crippen molar-refractivity contribution in [3.8, 4) is 0 Å². The molecule has 1 aromatic carbocycles. The number of nitrogens with zero attached hydrogens (tertiary/aromatic N) is 2. The van der Waals surface area contributed by atoms with E-state index in [1.54, 1.807) is 13.0 Å². The van der Waals surface area contributed by atoms with Gasteiger partial charge in [-0.1, -0.05) is 6.92 Å². The van der Waals surface area contributed by atoms with Crippen molar-refractivity contribution in [2.24, 2.45) is 0 Å². The molecule has 0 aliphatic heterocycles. The van der Waals surface area contributed by atoms with Gasteiger partial charge < -0.3 is 10.6 Å². The van der Waals surface area contributed by atoms with Crippen molar-refractivity contribution in [1.82, 2.24) is 9.97 Å². The largest absolute Gasteiger partial charge is 0.354 e. The third-order valence-corrected chi connectivity index (χ3v) is 3.41. The third-order valence-electron chi connectivity index (χ3n) is 2.80. The fraction of sp³-hybridized carbons (Fsp3) is 0.286. The number of rotatable bonds is 5. The molecule has 2 aromatic rings. The second-order valence-corrected chi connectivity index (χ2v) is 5.38. The molecular weight excluding hydrogens is 342 g/mol. The normalized spacial score (nSPS) is 10.5. The quantitative estimate of drug-likeness (QED) is 0.833. The molecule has 7 heteroatoms. The fourth-order valence-corrected chi connectivity index (χ4v) is 2.14. The van der Waals surface area contributed by atoms with E-state index in [1.165, 1.54) is 6.07 Å². The molecular formula is C14H15BrF2N4. The first-order chi connectivity index (χ1) is 10.0. The zero-order chi connectivity index (χ0) is 15.4. The Balaban J connectivity index is 2.28. The van der Waals surface area contributed by atoms with Crippen LogP contribution in [0.5, 0.6) is 0 Å². The smallest absolute Gasteiger partial charge is 0.224 e. The molecule has 0 aliphatic rings. The highest BCUT2D eigenvalue weighted by Crippen LogP contribution is 2.27. The molecule has 0 amide bonds. The molecule has 0 saturated carbocycles. The number of aryl methyl sites for hydroxylation is 1. The number of aromatic nitrogens is 2. The SMILES string of the molecule is CCCNc1ncc(F)c(Nc2cc(F)c(Br)cc2C)n1. The average Bonchev–Trinajstić information content (AvgIpc) is 2.45. The lowest BCUT2D eigenvalue weighted by atomic mass is 10.2. The zero-order valence-corrected chi connectivity index (χ0v) is 13.3. The van der Waals surface area contributed by atoms with E-state index in [0.29, 0.717) is 22.7 Å². The van der Waals surface area contributed by atoms with Crippen LogP contribution < -0.4 is 10.6 Å². The fourth-order valence-electron chi connectivity index (χ4n) is 1.69. The Bertz CT molecular complexity index is 649. The summed E-state index contributed by atoms with van der Waals surface area (Å²) < 4.78 is 27.7. The van der Waals surface area contributed by atoms with Crippen molar-refractivity contribution >= 4 is 33.4 Å². The highest BCUT2D eigenvalue weighted by atomic mass is 79.9. The molecule has 0 fully saturated rings. The highest BCUT2D eigenvalue weighted by molar-refractivity contribution is 9.10. The molecule has 1 heterocycles. The van der Waals surface area contributed by atoms with Crippen molar-refractivity contribution in [2.45, 2.75) is 20.3 Å². The summed E-state index contributed by atoms with van der Waals surface area (Å²) in [6.45, 7) is 4.49. The zero-order valence-electron chi connectivity index (χ0n) is 11.7. The third kappa shape index (κ3) is 3.87.